The lowest BCUT2D eigenvalue weighted by molar-refractivity contribution is -0.130. The molecule has 2 amide bonds. The average molecular weight is 468 g/mol. The van der Waals surface area contributed by atoms with Gasteiger partial charge in [-0.05, 0) is 24.3 Å². The zero-order valence-electron chi connectivity index (χ0n) is 17.5. The van der Waals surface area contributed by atoms with Crippen LogP contribution in [0, 0.1) is 0 Å². The molecule has 0 aliphatic carbocycles. The highest BCUT2D eigenvalue weighted by molar-refractivity contribution is 6.29. The zero-order valence-corrected chi connectivity index (χ0v) is 18.2. The Morgan fingerprint density at radius 3 is 2.36 bits per heavy atom. The molecule has 11 nitrogen and oxygen atoms in total. The number of ether oxygens (including phenoxy) is 1. The second kappa shape index (κ2) is 8.17. The predicted octanol–water partition coefficient (Wildman–Crippen LogP) is 2.39. The number of carbonyl (C=O) groups is 2. The summed E-state index contributed by atoms with van der Waals surface area (Å²) in [6.07, 6.45) is 2.23. The lowest BCUT2D eigenvalue weighted by Crippen LogP contribution is -2.50. The van der Waals surface area contributed by atoms with Crippen molar-refractivity contribution < 1.29 is 19.4 Å². The molecule has 4 aromatic heterocycles. The van der Waals surface area contributed by atoms with E-state index in [-0.39, 0.29) is 39.7 Å². The van der Waals surface area contributed by atoms with Crippen LogP contribution in [0.1, 0.15) is 6.92 Å². The number of fused-ring (bicyclic) bond motifs is 2. The summed E-state index contributed by atoms with van der Waals surface area (Å²) in [5.74, 6) is -0.0994. The number of aromatic hydroxyl groups is 1. The first-order chi connectivity index (χ1) is 15.9. The molecule has 1 fully saturated rings. The Hall–Kier alpha value is -3.99. The fraction of sp³-hybridized carbons (Fsp3) is 0.238. The molecule has 1 saturated heterocycles. The van der Waals surface area contributed by atoms with E-state index in [0.717, 1.165) is 5.39 Å². The summed E-state index contributed by atoms with van der Waals surface area (Å²) >= 11 is 6.00. The van der Waals surface area contributed by atoms with Gasteiger partial charge in [0.1, 0.15) is 11.0 Å². The maximum Gasteiger partial charge on any atom is 0.416 e. The van der Waals surface area contributed by atoms with Crippen molar-refractivity contribution in [3.05, 3.63) is 41.8 Å². The summed E-state index contributed by atoms with van der Waals surface area (Å²) in [4.78, 5) is 44.7. The van der Waals surface area contributed by atoms with E-state index in [0.29, 0.717) is 31.8 Å². The molecule has 0 radical (unpaired) electrons. The molecule has 168 valence electrons. The van der Waals surface area contributed by atoms with Crippen molar-refractivity contribution >= 4 is 45.7 Å². The van der Waals surface area contributed by atoms with Crippen LogP contribution in [0.2, 0.25) is 5.15 Å². The Labute approximate surface area is 192 Å². The van der Waals surface area contributed by atoms with Crippen LogP contribution >= 0.6 is 11.6 Å². The van der Waals surface area contributed by atoms with E-state index in [1.807, 2.05) is 0 Å². The van der Waals surface area contributed by atoms with Gasteiger partial charge in [0.25, 0.3) is 0 Å². The van der Waals surface area contributed by atoms with Crippen molar-refractivity contribution in [2.24, 2.45) is 0 Å². The van der Waals surface area contributed by atoms with Crippen LogP contribution in [0.25, 0.3) is 27.9 Å². The molecule has 5 rings (SSSR count). The zero-order chi connectivity index (χ0) is 23.1. The van der Waals surface area contributed by atoms with Gasteiger partial charge in [0, 0.05) is 50.9 Å². The number of halogens is 1. The standard InChI is InChI=1S/C21H18ClN7O4/c1-12(30)27-8-10-28(11-9-27)21(32)33-20-17-16(23-6-7-24-17)19(31)29(20)15-5-3-13-2-4-14(22)25-18(13)26-15/h2-7,31H,8-11H2,1H3. The van der Waals surface area contributed by atoms with Crippen LogP contribution in [-0.2, 0) is 4.79 Å². The van der Waals surface area contributed by atoms with Gasteiger partial charge in [-0.2, -0.15) is 0 Å². The first kappa shape index (κ1) is 20.9. The number of hydrogen-bond acceptors (Lipinski definition) is 8. The number of pyridine rings is 2. The second-order valence-corrected chi connectivity index (χ2v) is 7.82. The summed E-state index contributed by atoms with van der Waals surface area (Å²) in [5, 5.41) is 11.9. The van der Waals surface area contributed by atoms with Crippen LogP contribution in [0.5, 0.6) is 11.8 Å². The van der Waals surface area contributed by atoms with Gasteiger partial charge in [-0.15, -0.1) is 0 Å². The Morgan fingerprint density at radius 2 is 1.64 bits per heavy atom. The van der Waals surface area contributed by atoms with Crippen LogP contribution in [-0.4, -0.2) is 77.6 Å². The molecule has 0 saturated carbocycles. The molecule has 0 unspecified atom stereocenters. The Kier molecular flexibility index (Phi) is 5.17. The molecule has 0 aromatic carbocycles. The number of carbonyl (C=O) groups excluding carboxylic acids is 2. The lowest BCUT2D eigenvalue weighted by Gasteiger charge is -2.33. The van der Waals surface area contributed by atoms with Crippen LogP contribution in [0.4, 0.5) is 4.79 Å². The first-order valence-corrected chi connectivity index (χ1v) is 10.5. The molecule has 4 aromatic rings. The van der Waals surface area contributed by atoms with Gasteiger partial charge in [0.15, 0.2) is 16.7 Å². The molecule has 0 spiro atoms. The summed E-state index contributed by atoms with van der Waals surface area (Å²) in [5.41, 5.74) is 0.713. The largest absolute Gasteiger partial charge is 0.493 e. The monoisotopic (exact) mass is 467 g/mol. The van der Waals surface area contributed by atoms with Gasteiger partial charge in [0.2, 0.25) is 17.7 Å². The van der Waals surface area contributed by atoms with Gasteiger partial charge < -0.3 is 19.6 Å². The molecule has 1 N–H and O–H groups in total. The maximum absolute atomic E-state index is 12.9. The topological polar surface area (TPSA) is 127 Å². The van der Waals surface area contributed by atoms with Gasteiger partial charge in [0.05, 0.1) is 0 Å². The number of nitrogens with zero attached hydrogens (tertiary/aromatic N) is 7. The van der Waals surface area contributed by atoms with E-state index in [2.05, 4.69) is 19.9 Å². The fourth-order valence-corrected chi connectivity index (χ4v) is 3.86. The normalized spacial score (nSPS) is 14.1. The van der Waals surface area contributed by atoms with Crippen molar-refractivity contribution in [3.63, 3.8) is 0 Å². The summed E-state index contributed by atoms with van der Waals surface area (Å²) in [6.45, 7) is 2.97. The third-order valence-electron chi connectivity index (χ3n) is 5.43. The highest BCUT2D eigenvalue weighted by Crippen LogP contribution is 2.37. The van der Waals surface area contributed by atoms with Crippen LogP contribution < -0.4 is 4.74 Å². The quantitative estimate of drug-likeness (QED) is 0.445. The first-order valence-electron chi connectivity index (χ1n) is 10.1. The number of rotatable bonds is 2. The molecule has 33 heavy (non-hydrogen) atoms. The van der Waals surface area contributed by atoms with E-state index >= 15 is 0 Å². The minimum absolute atomic E-state index is 0.0246. The van der Waals surface area contributed by atoms with Gasteiger partial charge in [-0.25, -0.2) is 29.3 Å². The summed E-state index contributed by atoms with van der Waals surface area (Å²) < 4.78 is 6.96. The van der Waals surface area contributed by atoms with Crippen LogP contribution in [0.3, 0.4) is 0 Å². The van der Waals surface area contributed by atoms with E-state index in [1.165, 1.54) is 28.8 Å². The van der Waals surface area contributed by atoms with E-state index in [4.69, 9.17) is 16.3 Å². The lowest BCUT2D eigenvalue weighted by atomic mass is 10.3. The summed E-state index contributed by atoms with van der Waals surface area (Å²) in [6, 6.07) is 6.84. The SMILES string of the molecule is CC(=O)N1CCN(C(=O)Oc2c3nccnc3c(O)n2-c2ccc3ccc(Cl)nc3n2)CC1. The van der Waals surface area contributed by atoms with Gasteiger partial charge >= 0.3 is 6.09 Å². The second-order valence-electron chi connectivity index (χ2n) is 7.43. The Morgan fingerprint density at radius 1 is 0.970 bits per heavy atom. The number of hydrogen-bond donors (Lipinski definition) is 1. The van der Waals surface area contributed by atoms with Crippen LogP contribution in [0.15, 0.2) is 36.7 Å². The molecular formula is C21H18ClN7O4. The molecule has 0 bridgehead atoms. The van der Waals surface area contributed by atoms with E-state index in [9.17, 15) is 14.7 Å². The van der Waals surface area contributed by atoms with Crippen molar-refractivity contribution in [2.45, 2.75) is 6.92 Å². The van der Waals surface area contributed by atoms with Crippen molar-refractivity contribution in [3.8, 4) is 17.6 Å². The Balaban J connectivity index is 1.55. The molecular weight excluding hydrogens is 450 g/mol. The predicted molar refractivity (Wildman–Crippen MR) is 118 cm³/mol. The molecule has 5 heterocycles. The fourth-order valence-electron chi connectivity index (χ4n) is 3.71. The summed E-state index contributed by atoms with van der Waals surface area (Å²) in [7, 11) is 0. The molecule has 12 heteroatoms. The third kappa shape index (κ3) is 3.76. The smallest absolute Gasteiger partial charge is 0.416 e. The minimum Gasteiger partial charge on any atom is -0.493 e. The number of piperazine rings is 1. The van der Waals surface area contributed by atoms with Crippen molar-refractivity contribution in [1.29, 1.82) is 0 Å². The highest BCUT2D eigenvalue weighted by Gasteiger charge is 2.28. The van der Waals surface area contributed by atoms with E-state index in [1.54, 1.807) is 29.2 Å². The average Bonchev–Trinajstić information content (AvgIpc) is 3.10. The molecule has 1 aliphatic heterocycles. The van der Waals surface area contributed by atoms with Crippen molar-refractivity contribution in [2.75, 3.05) is 26.2 Å². The Bertz CT molecular complexity index is 1400. The molecule has 1 aliphatic rings. The van der Waals surface area contributed by atoms with E-state index < -0.39 is 6.09 Å². The number of aromatic nitrogens is 5. The molecule has 0 atom stereocenters. The van der Waals surface area contributed by atoms with Crippen molar-refractivity contribution in [1.82, 2.24) is 34.3 Å². The minimum atomic E-state index is -0.633. The van der Waals surface area contributed by atoms with Gasteiger partial charge in [-0.3, -0.25) is 4.79 Å². The maximum atomic E-state index is 12.9. The third-order valence-corrected chi connectivity index (χ3v) is 5.64. The highest BCUT2D eigenvalue weighted by atomic mass is 35.5. The number of amides is 2. The van der Waals surface area contributed by atoms with Gasteiger partial charge in [-0.1, -0.05) is 11.6 Å².